The van der Waals surface area contributed by atoms with Gasteiger partial charge in [-0.3, -0.25) is 10.1 Å². The minimum atomic E-state index is -1.25. The lowest BCUT2D eigenvalue weighted by Gasteiger charge is -2.17. The van der Waals surface area contributed by atoms with Crippen LogP contribution in [0, 0.1) is 0 Å². The Morgan fingerprint density at radius 3 is 2.46 bits per heavy atom. The molecule has 1 aromatic carbocycles. The van der Waals surface area contributed by atoms with Crippen LogP contribution < -0.4 is 10.6 Å². The van der Waals surface area contributed by atoms with Crippen LogP contribution in [0.25, 0.3) is 0 Å². The molecule has 6 nitrogen and oxygen atoms in total. The van der Waals surface area contributed by atoms with Crippen molar-refractivity contribution in [3.8, 4) is 0 Å². The molecule has 2 N–H and O–H groups in total. The first kappa shape index (κ1) is 18.0. The van der Waals surface area contributed by atoms with E-state index in [1.54, 1.807) is 43.3 Å². The van der Waals surface area contributed by atoms with Crippen LogP contribution in [-0.2, 0) is 9.53 Å². The number of urea groups is 1. The van der Waals surface area contributed by atoms with Crippen LogP contribution >= 0.6 is 22.9 Å². The van der Waals surface area contributed by atoms with Crippen molar-refractivity contribution < 1.29 is 19.1 Å². The standard InChI is InChI=1S/C16H15ClN2O4S/c1-2-18-16(22)19-14(20)13(10-6-4-3-5-7-10)23-15(21)11-8-9-12(17)24-11/h3-9,13H,2H2,1H3,(H2,18,19,20,22)/t13-/m0/s1. The van der Waals surface area contributed by atoms with E-state index in [0.717, 1.165) is 11.3 Å². The van der Waals surface area contributed by atoms with Gasteiger partial charge in [0.2, 0.25) is 6.10 Å². The van der Waals surface area contributed by atoms with E-state index in [9.17, 15) is 14.4 Å². The zero-order chi connectivity index (χ0) is 17.5. The summed E-state index contributed by atoms with van der Waals surface area (Å²) >= 11 is 6.85. The number of rotatable bonds is 5. The predicted octanol–water partition coefficient (Wildman–Crippen LogP) is 3.15. The number of nitrogens with one attached hydrogen (secondary N) is 2. The molecule has 0 unspecified atom stereocenters. The summed E-state index contributed by atoms with van der Waals surface area (Å²) in [7, 11) is 0. The van der Waals surface area contributed by atoms with Crippen molar-refractivity contribution in [3.63, 3.8) is 0 Å². The fraction of sp³-hybridized carbons (Fsp3) is 0.188. The minimum Gasteiger partial charge on any atom is -0.443 e. The van der Waals surface area contributed by atoms with Gasteiger partial charge in [-0.25, -0.2) is 9.59 Å². The molecule has 0 aliphatic rings. The van der Waals surface area contributed by atoms with E-state index < -0.39 is 24.0 Å². The number of halogens is 1. The second-order valence-electron chi connectivity index (χ2n) is 4.65. The van der Waals surface area contributed by atoms with Gasteiger partial charge in [0.1, 0.15) is 4.88 Å². The van der Waals surface area contributed by atoms with Crippen molar-refractivity contribution in [3.05, 3.63) is 57.2 Å². The quantitative estimate of drug-likeness (QED) is 0.796. The van der Waals surface area contributed by atoms with Crippen molar-refractivity contribution in [2.45, 2.75) is 13.0 Å². The molecule has 0 saturated carbocycles. The third-order valence-corrected chi connectivity index (χ3v) is 4.12. The molecule has 24 heavy (non-hydrogen) atoms. The molecule has 0 fully saturated rings. The summed E-state index contributed by atoms with van der Waals surface area (Å²) in [4.78, 5) is 36.4. The summed E-state index contributed by atoms with van der Waals surface area (Å²) in [6.45, 7) is 2.09. The molecule has 2 aromatic rings. The van der Waals surface area contributed by atoms with E-state index in [1.807, 2.05) is 0 Å². The molecule has 126 valence electrons. The third kappa shape index (κ3) is 4.81. The monoisotopic (exact) mass is 366 g/mol. The average molecular weight is 367 g/mol. The molecule has 3 amide bonds. The Bertz CT molecular complexity index is 733. The van der Waals surface area contributed by atoms with Crippen LogP contribution in [0.1, 0.15) is 28.3 Å². The molecule has 0 bridgehead atoms. The van der Waals surface area contributed by atoms with Crippen LogP contribution in [0.4, 0.5) is 4.79 Å². The molecule has 1 heterocycles. The number of amides is 3. The lowest BCUT2D eigenvalue weighted by Crippen LogP contribution is -2.42. The minimum absolute atomic E-state index is 0.270. The number of thiophene rings is 1. The number of carbonyl (C=O) groups is 3. The first-order valence-electron chi connectivity index (χ1n) is 7.11. The smallest absolute Gasteiger partial charge is 0.349 e. The number of esters is 1. The second kappa shape index (κ2) is 8.47. The van der Waals surface area contributed by atoms with Crippen molar-refractivity contribution >= 4 is 40.8 Å². The summed E-state index contributed by atoms with van der Waals surface area (Å²) in [6, 6.07) is 10.9. The van der Waals surface area contributed by atoms with E-state index in [4.69, 9.17) is 16.3 Å². The van der Waals surface area contributed by atoms with Gasteiger partial charge in [-0.2, -0.15) is 0 Å². The van der Waals surface area contributed by atoms with Crippen LogP contribution in [-0.4, -0.2) is 24.5 Å². The SMILES string of the molecule is CCNC(=O)NC(=O)[C@@H](OC(=O)c1ccc(Cl)s1)c1ccccc1. The molecule has 1 aromatic heterocycles. The number of ether oxygens (including phenoxy) is 1. The Kier molecular flexibility index (Phi) is 6.34. The molecule has 0 aliphatic carbocycles. The lowest BCUT2D eigenvalue weighted by atomic mass is 10.1. The van der Waals surface area contributed by atoms with Gasteiger partial charge in [-0.15, -0.1) is 11.3 Å². The van der Waals surface area contributed by atoms with Crippen molar-refractivity contribution in [2.75, 3.05) is 6.54 Å². The zero-order valence-electron chi connectivity index (χ0n) is 12.7. The highest BCUT2D eigenvalue weighted by Crippen LogP contribution is 2.25. The van der Waals surface area contributed by atoms with E-state index in [1.165, 1.54) is 6.07 Å². The first-order valence-corrected chi connectivity index (χ1v) is 8.30. The summed E-state index contributed by atoms with van der Waals surface area (Å²) in [5, 5.41) is 4.60. The molecule has 0 saturated heterocycles. The highest BCUT2D eigenvalue weighted by atomic mass is 35.5. The first-order chi connectivity index (χ1) is 11.5. The molecule has 2 rings (SSSR count). The predicted molar refractivity (Wildman–Crippen MR) is 91.1 cm³/mol. The third-order valence-electron chi connectivity index (χ3n) is 2.91. The van der Waals surface area contributed by atoms with E-state index >= 15 is 0 Å². The Hall–Kier alpha value is -2.38. The number of hydrogen-bond donors (Lipinski definition) is 2. The van der Waals surface area contributed by atoms with Crippen molar-refractivity contribution in [1.82, 2.24) is 10.6 Å². The van der Waals surface area contributed by atoms with E-state index in [0.29, 0.717) is 16.4 Å². The molecule has 1 atom stereocenters. The van der Waals surface area contributed by atoms with Gasteiger partial charge < -0.3 is 10.1 Å². The Morgan fingerprint density at radius 1 is 1.17 bits per heavy atom. The van der Waals surface area contributed by atoms with Crippen LogP contribution in [0.2, 0.25) is 4.34 Å². The number of carbonyl (C=O) groups excluding carboxylic acids is 3. The molecular formula is C16H15ClN2O4S. The summed E-state index contributed by atoms with van der Waals surface area (Å²) in [5.74, 6) is -1.42. The van der Waals surface area contributed by atoms with Gasteiger partial charge in [0.25, 0.3) is 5.91 Å². The Labute approximate surface area is 147 Å². The fourth-order valence-electron chi connectivity index (χ4n) is 1.87. The van der Waals surface area contributed by atoms with Crippen LogP contribution in [0.3, 0.4) is 0 Å². The highest BCUT2D eigenvalue weighted by Gasteiger charge is 2.27. The molecular weight excluding hydrogens is 352 g/mol. The maximum absolute atomic E-state index is 12.3. The van der Waals surface area contributed by atoms with Gasteiger partial charge >= 0.3 is 12.0 Å². The maximum Gasteiger partial charge on any atom is 0.349 e. The molecule has 0 radical (unpaired) electrons. The number of imide groups is 1. The number of hydrogen-bond acceptors (Lipinski definition) is 5. The Morgan fingerprint density at radius 2 is 1.88 bits per heavy atom. The summed E-state index contributed by atoms with van der Waals surface area (Å²) in [6.07, 6.45) is -1.25. The van der Waals surface area contributed by atoms with Crippen LogP contribution in [0.5, 0.6) is 0 Å². The topological polar surface area (TPSA) is 84.5 Å². The summed E-state index contributed by atoms with van der Waals surface area (Å²) in [5.41, 5.74) is 0.454. The molecule has 8 heteroatoms. The van der Waals surface area contributed by atoms with Crippen molar-refractivity contribution in [1.29, 1.82) is 0 Å². The van der Waals surface area contributed by atoms with Crippen LogP contribution in [0.15, 0.2) is 42.5 Å². The lowest BCUT2D eigenvalue weighted by molar-refractivity contribution is -0.129. The van der Waals surface area contributed by atoms with Gasteiger partial charge in [0, 0.05) is 12.1 Å². The Balaban J connectivity index is 2.18. The summed E-state index contributed by atoms with van der Waals surface area (Å²) < 4.78 is 5.73. The normalized spacial score (nSPS) is 11.4. The zero-order valence-corrected chi connectivity index (χ0v) is 14.3. The largest absolute Gasteiger partial charge is 0.443 e. The van der Waals surface area contributed by atoms with Crippen molar-refractivity contribution in [2.24, 2.45) is 0 Å². The maximum atomic E-state index is 12.3. The van der Waals surface area contributed by atoms with E-state index in [2.05, 4.69) is 10.6 Å². The van der Waals surface area contributed by atoms with E-state index in [-0.39, 0.29) is 4.88 Å². The average Bonchev–Trinajstić information content (AvgIpc) is 3.00. The molecule has 0 spiro atoms. The van der Waals surface area contributed by atoms with Gasteiger partial charge in [-0.1, -0.05) is 41.9 Å². The fourth-order valence-corrected chi connectivity index (χ4v) is 2.80. The second-order valence-corrected chi connectivity index (χ2v) is 6.36. The van der Waals surface area contributed by atoms with Gasteiger partial charge in [-0.05, 0) is 19.1 Å². The molecule has 0 aliphatic heterocycles. The highest BCUT2D eigenvalue weighted by molar-refractivity contribution is 7.17. The van der Waals surface area contributed by atoms with Gasteiger partial charge in [0.15, 0.2) is 0 Å². The number of benzene rings is 1. The van der Waals surface area contributed by atoms with Gasteiger partial charge in [0.05, 0.1) is 4.34 Å².